The van der Waals surface area contributed by atoms with Crippen molar-refractivity contribution < 1.29 is 57.6 Å². The second kappa shape index (κ2) is 21.4. The number of carbonyl (C=O) groups excluding carboxylic acids is 2. The molecular formula is C48H50BClF2N8O10. The van der Waals surface area contributed by atoms with Crippen molar-refractivity contribution in [3.63, 3.8) is 0 Å². The Labute approximate surface area is 406 Å². The maximum absolute atomic E-state index is 13.0. The smallest absolute Gasteiger partial charge is 0.457 e. The van der Waals surface area contributed by atoms with Crippen LogP contribution in [0.5, 0.6) is 23.0 Å². The van der Waals surface area contributed by atoms with Crippen LogP contribution in [0.4, 0.5) is 20.4 Å². The number of benzene rings is 4. The topological polar surface area (TPSA) is 262 Å². The first-order valence-corrected chi connectivity index (χ1v) is 22.2. The van der Waals surface area contributed by atoms with Gasteiger partial charge >= 0.3 is 7.12 Å². The van der Waals surface area contributed by atoms with Gasteiger partial charge in [0.1, 0.15) is 57.7 Å². The SMILES string of the molecule is CC1(C)OB(c2ccc(Oc3ccc(F)cc3)cc2)OC1(C)C.NC(=O)c1cc(N2C[C@H](O)[C@@H](O)C2)nc(-c2ccc(Oc3ccc(F)cc3)cc2)n1.NC(=O)c1cc(N2C[C@H](O)[C@@H](O)C2)nc(Cl)n1. The fourth-order valence-corrected chi connectivity index (χ4v) is 7.26. The summed E-state index contributed by atoms with van der Waals surface area (Å²) in [6, 6.07) is 28.8. The molecule has 0 aliphatic carbocycles. The summed E-state index contributed by atoms with van der Waals surface area (Å²) >= 11 is 5.66. The molecule has 0 spiro atoms. The Hall–Kier alpha value is -6.85. The second-order valence-electron chi connectivity index (χ2n) is 17.4. The third-order valence-corrected chi connectivity index (χ3v) is 11.9. The molecule has 0 bridgehead atoms. The molecule has 366 valence electrons. The first-order valence-electron chi connectivity index (χ1n) is 21.8. The number of primary amides is 2. The Balaban J connectivity index is 0.000000161. The molecule has 0 saturated carbocycles. The Morgan fingerprint density at radius 3 is 1.36 bits per heavy atom. The first kappa shape index (κ1) is 51.0. The summed E-state index contributed by atoms with van der Waals surface area (Å²) in [4.78, 5) is 42.3. The molecule has 2 amide bonds. The lowest BCUT2D eigenvalue weighted by molar-refractivity contribution is 0.00578. The van der Waals surface area contributed by atoms with Crippen LogP contribution in [-0.4, -0.2) is 121 Å². The van der Waals surface area contributed by atoms with Gasteiger partial charge < -0.3 is 60.5 Å². The number of nitrogens with zero attached hydrogens (tertiary/aromatic N) is 6. The number of anilines is 2. The predicted octanol–water partition coefficient (Wildman–Crippen LogP) is 4.40. The quantitative estimate of drug-likeness (QED) is 0.0821. The van der Waals surface area contributed by atoms with Gasteiger partial charge in [-0.1, -0.05) is 12.1 Å². The fraction of sp³-hybridized carbons (Fsp3) is 0.292. The van der Waals surface area contributed by atoms with E-state index in [0.717, 1.165) is 5.46 Å². The van der Waals surface area contributed by atoms with Crippen LogP contribution in [0, 0.1) is 11.6 Å². The molecule has 22 heteroatoms. The van der Waals surface area contributed by atoms with Crippen LogP contribution in [0.2, 0.25) is 5.28 Å². The van der Waals surface area contributed by atoms with Crippen molar-refractivity contribution in [3.05, 3.63) is 138 Å². The minimum Gasteiger partial charge on any atom is -0.457 e. The second-order valence-corrected chi connectivity index (χ2v) is 17.8. The number of ether oxygens (including phenoxy) is 2. The highest BCUT2D eigenvalue weighted by Gasteiger charge is 2.51. The van der Waals surface area contributed by atoms with E-state index >= 15 is 0 Å². The Morgan fingerprint density at radius 2 is 0.957 bits per heavy atom. The number of aliphatic hydroxyl groups excluding tert-OH is 4. The lowest BCUT2D eigenvalue weighted by Gasteiger charge is -2.32. The molecule has 9 rings (SSSR count). The molecule has 70 heavy (non-hydrogen) atoms. The first-order chi connectivity index (χ1) is 33.1. The number of amides is 2. The van der Waals surface area contributed by atoms with E-state index in [2.05, 4.69) is 19.9 Å². The Bertz CT molecular complexity index is 2750. The van der Waals surface area contributed by atoms with Gasteiger partial charge in [0.05, 0.1) is 35.6 Å². The van der Waals surface area contributed by atoms with Gasteiger partial charge in [-0.3, -0.25) is 9.59 Å². The summed E-state index contributed by atoms with van der Waals surface area (Å²) in [7, 11) is -0.389. The summed E-state index contributed by atoms with van der Waals surface area (Å²) in [5, 5.41) is 38.3. The summed E-state index contributed by atoms with van der Waals surface area (Å²) in [5.74, 6) is 1.24. The molecular weight excluding hydrogens is 933 g/mol. The molecule has 0 unspecified atom stereocenters. The molecule has 2 aromatic heterocycles. The van der Waals surface area contributed by atoms with Gasteiger partial charge in [0, 0.05) is 43.9 Å². The number of hydrogen-bond acceptors (Lipinski definition) is 16. The van der Waals surface area contributed by atoms with Crippen LogP contribution in [-0.2, 0) is 9.31 Å². The van der Waals surface area contributed by atoms with E-state index in [1.54, 1.807) is 46.2 Å². The number of halogens is 3. The molecule has 5 heterocycles. The Morgan fingerprint density at radius 1 is 0.600 bits per heavy atom. The van der Waals surface area contributed by atoms with Crippen LogP contribution in [0.25, 0.3) is 11.4 Å². The van der Waals surface area contributed by atoms with Crippen molar-refractivity contribution >= 4 is 47.6 Å². The zero-order valence-electron chi connectivity index (χ0n) is 38.3. The molecule has 18 nitrogen and oxygen atoms in total. The number of aromatic nitrogens is 4. The van der Waals surface area contributed by atoms with Gasteiger partial charge in [-0.15, -0.1) is 0 Å². The average Bonchev–Trinajstić information content (AvgIpc) is 3.93. The van der Waals surface area contributed by atoms with Crippen LogP contribution in [0.1, 0.15) is 48.7 Å². The molecule has 8 N–H and O–H groups in total. The van der Waals surface area contributed by atoms with Crippen LogP contribution in [0.3, 0.4) is 0 Å². The molecule has 3 fully saturated rings. The molecule has 4 atom stereocenters. The Kier molecular flexibility index (Phi) is 15.6. The summed E-state index contributed by atoms with van der Waals surface area (Å²) < 4.78 is 49.3. The molecule has 3 aliphatic rings. The van der Waals surface area contributed by atoms with Gasteiger partial charge in [-0.05, 0) is 130 Å². The van der Waals surface area contributed by atoms with Crippen molar-refractivity contribution in [2.75, 3.05) is 36.0 Å². The number of nitrogens with two attached hydrogens (primary N) is 2. The number of hydrogen-bond donors (Lipinski definition) is 6. The summed E-state index contributed by atoms with van der Waals surface area (Å²) in [6.07, 6.45) is -3.49. The van der Waals surface area contributed by atoms with E-state index < -0.39 is 36.2 Å². The van der Waals surface area contributed by atoms with Crippen molar-refractivity contribution in [2.45, 2.75) is 63.3 Å². The predicted molar refractivity (Wildman–Crippen MR) is 255 cm³/mol. The third-order valence-electron chi connectivity index (χ3n) is 11.7. The number of rotatable bonds is 10. The average molecular weight is 983 g/mol. The van der Waals surface area contributed by atoms with E-state index in [1.807, 2.05) is 52.0 Å². The van der Waals surface area contributed by atoms with E-state index in [1.165, 1.54) is 48.5 Å². The minimum atomic E-state index is -0.900. The van der Waals surface area contributed by atoms with E-state index in [0.29, 0.717) is 40.2 Å². The van der Waals surface area contributed by atoms with Crippen molar-refractivity contribution in [3.8, 4) is 34.4 Å². The van der Waals surface area contributed by atoms with Gasteiger partial charge in [0.15, 0.2) is 5.82 Å². The van der Waals surface area contributed by atoms with Crippen molar-refractivity contribution in [2.24, 2.45) is 11.5 Å². The molecule has 3 saturated heterocycles. The van der Waals surface area contributed by atoms with E-state index in [9.17, 15) is 38.8 Å². The summed E-state index contributed by atoms with van der Waals surface area (Å²) in [5.41, 5.74) is 11.4. The molecule has 4 aromatic carbocycles. The highest BCUT2D eigenvalue weighted by Crippen LogP contribution is 2.37. The highest BCUT2D eigenvalue weighted by molar-refractivity contribution is 6.62. The molecule has 3 aliphatic heterocycles. The molecule has 6 aromatic rings. The van der Waals surface area contributed by atoms with Gasteiger partial charge in [-0.25, -0.2) is 28.7 Å². The van der Waals surface area contributed by atoms with Crippen molar-refractivity contribution in [1.82, 2.24) is 19.9 Å². The van der Waals surface area contributed by atoms with Gasteiger partial charge in [0.25, 0.3) is 11.8 Å². The molecule has 0 radical (unpaired) electrons. The zero-order chi connectivity index (χ0) is 50.5. The van der Waals surface area contributed by atoms with E-state index in [4.69, 9.17) is 41.9 Å². The van der Waals surface area contributed by atoms with Crippen LogP contribution in [0.15, 0.2) is 109 Å². The number of carbonyl (C=O) groups is 2. The third kappa shape index (κ3) is 12.7. The van der Waals surface area contributed by atoms with Gasteiger partial charge in [0.2, 0.25) is 5.28 Å². The zero-order valence-corrected chi connectivity index (χ0v) is 39.1. The van der Waals surface area contributed by atoms with E-state index in [-0.39, 0.29) is 78.6 Å². The fourth-order valence-electron chi connectivity index (χ4n) is 7.08. The van der Waals surface area contributed by atoms with Crippen LogP contribution >= 0.6 is 11.6 Å². The lowest BCUT2D eigenvalue weighted by Crippen LogP contribution is -2.41. The van der Waals surface area contributed by atoms with Gasteiger partial charge in [-0.2, -0.15) is 0 Å². The van der Waals surface area contributed by atoms with Crippen LogP contribution < -0.4 is 36.2 Å². The van der Waals surface area contributed by atoms with Crippen molar-refractivity contribution in [1.29, 1.82) is 0 Å². The number of β-amino-alcohol motifs (C(OH)–C–C–N with tert-alkyl or cyclic N) is 4. The maximum Gasteiger partial charge on any atom is 0.494 e. The normalized spacial score (nSPS) is 20.0. The minimum absolute atomic E-state index is 0.00382. The largest absolute Gasteiger partial charge is 0.494 e. The summed E-state index contributed by atoms with van der Waals surface area (Å²) in [6.45, 7) is 8.90. The highest BCUT2D eigenvalue weighted by atomic mass is 35.5. The maximum atomic E-state index is 13.0. The standard InChI is InChI=1S/C21H19FN4O4.C18H20BFO3.C9H11ClN4O3/c22-13-3-7-15(8-4-13)30-14-5-1-12(2-6-14)21-24-16(20(23)29)9-19(25-21)26-10-17(27)18(28)11-26;1-17(2)18(3,4)23-19(22-17)13-5-9-15(10-6-13)21-16-11-7-14(20)8-12-16;10-9-12-4(8(11)17)1-7(13-9)14-2-5(15)6(16)3-14/h1-9,17-18,27-28H,10-11H2,(H2,23,29);5-12H,1-4H3;1,5-6,15-16H,2-3H2,(H2,11,17)/t17-,18-;;5-,6-/m0.0/s1. The monoisotopic (exact) mass is 982 g/mol. The number of aliphatic hydroxyl groups is 4. The lowest BCUT2D eigenvalue weighted by atomic mass is 9.79.